The van der Waals surface area contributed by atoms with Crippen LogP contribution in [0.1, 0.15) is 119 Å². The molecule has 0 bridgehead atoms. The number of hydrogen-bond donors (Lipinski definition) is 2. The van der Waals surface area contributed by atoms with Crippen molar-refractivity contribution in [3.05, 3.63) is 0 Å². The second-order valence-electron chi connectivity index (χ2n) is 13.6. The van der Waals surface area contributed by atoms with E-state index in [0.29, 0.717) is 16.2 Å². The highest BCUT2D eigenvalue weighted by Crippen LogP contribution is 2.71. The van der Waals surface area contributed by atoms with Gasteiger partial charge >= 0.3 is 0 Å². The molecule has 5 fully saturated rings. The molecule has 7 unspecified atom stereocenters. The first kappa shape index (κ1) is 25.0. The predicted octanol–water partition coefficient (Wildman–Crippen LogP) is 7.45. The number of hydrogen-bond acceptors (Lipinski definition) is 2. The minimum absolute atomic E-state index is 0.0147. The van der Waals surface area contributed by atoms with Gasteiger partial charge < -0.3 is 10.4 Å². The van der Waals surface area contributed by atoms with Crippen molar-refractivity contribution < 1.29 is 5.11 Å². The molecular formula is C30H55NO. The van der Waals surface area contributed by atoms with E-state index in [9.17, 15) is 5.11 Å². The second-order valence-corrected chi connectivity index (χ2v) is 13.6. The average Bonchev–Trinajstić information content (AvgIpc) is 2.89. The number of aliphatic hydroxyl groups is 1. The highest BCUT2D eigenvalue weighted by Gasteiger charge is 2.63. The number of fused-ring (bicyclic) bond motifs is 5. The van der Waals surface area contributed by atoms with Crippen LogP contribution in [0.15, 0.2) is 0 Å². The average molecular weight is 446 g/mol. The molecule has 4 saturated carbocycles. The van der Waals surface area contributed by atoms with Gasteiger partial charge in [-0.3, -0.25) is 0 Å². The van der Waals surface area contributed by atoms with E-state index in [1.54, 1.807) is 0 Å². The third kappa shape index (κ3) is 4.12. The Labute approximate surface area is 200 Å². The van der Waals surface area contributed by atoms with Gasteiger partial charge in [0.25, 0.3) is 0 Å². The molecule has 0 aromatic carbocycles. The van der Waals surface area contributed by atoms with Crippen molar-refractivity contribution in [2.45, 2.75) is 125 Å². The third-order valence-corrected chi connectivity index (χ3v) is 12.1. The fourth-order valence-corrected chi connectivity index (χ4v) is 10.0. The Bertz CT molecular complexity index is 634. The van der Waals surface area contributed by atoms with E-state index in [0.717, 1.165) is 48.3 Å². The quantitative estimate of drug-likeness (QED) is 0.462. The van der Waals surface area contributed by atoms with Crippen molar-refractivity contribution in [3.8, 4) is 0 Å². The molecule has 0 amide bonds. The zero-order chi connectivity index (χ0) is 23.1. The summed E-state index contributed by atoms with van der Waals surface area (Å²) >= 11 is 0. The molecule has 1 saturated heterocycles. The summed E-state index contributed by atoms with van der Waals surface area (Å²) < 4.78 is 0. The van der Waals surface area contributed by atoms with E-state index in [-0.39, 0.29) is 6.10 Å². The Balaban J connectivity index is 0.00000119. The Kier molecular flexibility index (Phi) is 7.45. The maximum Gasteiger partial charge on any atom is 0.0543 e. The van der Waals surface area contributed by atoms with Gasteiger partial charge in [0, 0.05) is 0 Å². The molecule has 2 nitrogen and oxygen atoms in total. The van der Waals surface area contributed by atoms with Gasteiger partial charge in [0.2, 0.25) is 0 Å². The lowest BCUT2D eigenvalue weighted by Crippen LogP contribution is -2.55. The SMILES string of the molecule is CC.C[C@@H]1CCC(CC2(C)CCC3C4CCC5CC(O)CC[C@]5(C)C4CC[C@@]32C)CNC1. The van der Waals surface area contributed by atoms with E-state index >= 15 is 0 Å². The number of nitrogens with one attached hydrogen (secondary N) is 1. The molecule has 10 atom stereocenters. The summed E-state index contributed by atoms with van der Waals surface area (Å²) in [5.74, 6) is 5.40. The normalized spacial score (nSPS) is 53.2. The van der Waals surface area contributed by atoms with Gasteiger partial charge in [-0.05, 0) is 142 Å². The molecule has 0 spiro atoms. The summed E-state index contributed by atoms with van der Waals surface area (Å²) in [5, 5.41) is 14.1. The van der Waals surface area contributed by atoms with Crippen molar-refractivity contribution in [3.63, 3.8) is 0 Å². The Morgan fingerprint density at radius 1 is 0.812 bits per heavy atom. The highest BCUT2D eigenvalue weighted by atomic mass is 16.3. The lowest BCUT2D eigenvalue weighted by Gasteiger charge is -2.62. The minimum Gasteiger partial charge on any atom is -0.393 e. The van der Waals surface area contributed by atoms with Gasteiger partial charge in [-0.1, -0.05) is 41.5 Å². The minimum atomic E-state index is -0.0147. The van der Waals surface area contributed by atoms with Crippen LogP contribution in [0.25, 0.3) is 0 Å². The van der Waals surface area contributed by atoms with E-state index in [2.05, 4.69) is 33.0 Å². The van der Waals surface area contributed by atoms with E-state index in [1.807, 2.05) is 13.8 Å². The molecule has 32 heavy (non-hydrogen) atoms. The standard InChI is InChI=1S/C28H49NO.C2H6/c1-19-5-6-20(18-29-17-19)16-26(2)12-10-25-23-8-7-21-15-22(30)9-13-27(21,3)24(23)11-14-28(25,26)4;1-2/h19-25,29-30H,5-18H2,1-4H3;1-2H3/t19-,20?,21?,22?,23?,24?,25?,26?,27+,28+;/m1./s1. The van der Waals surface area contributed by atoms with Crippen LogP contribution in [0.3, 0.4) is 0 Å². The lowest BCUT2D eigenvalue weighted by molar-refractivity contribution is -0.138. The van der Waals surface area contributed by atoms with Crippen molar-refractivity contribution in [2.24, 2.45) is 51.8 Å². The number of rotatable bonds is 2. The van der Waals surface area contributed by atoms with E-state index < -0.39 is 0 Å². The first-order valence-corrected chi connectivity index (χ1v) is 14.6. The maximum absolute atomic E-state index is 10.3. The molecule has 5 aliphatic rings. The van der Waals surface area contributed by atoms with Crippen LogP contribution in [-0.4, -0.2) is 24.3 Å². The van der Waals surface area contributed by atoms with Crippen molar-refractivity contribution in [2.75, 3.05) is 13.1 Å². The molecule has 0 aromatic heterocycles. The van der Waals surface area contributed by atoms with Crippen LogP contribution in [0.4, 0.5) is 0 Å². The van der Waals surface area contributed by atoms with Gasteiger partial charge in [0.15, 0.2) is 0 Å². The fourth-order valence-electron chi connectivity index (χ4n) is 10.0. The molecule has 1 heterocycles. The second kappa shape index (κ2) is 9.52. The van der Waals surface area contributed by atoms with Crippen LogP contribution in [0.2, 0.25) is 0 Å². The first-order valence-electron chi connectivity index (χ1n) is 14.6. The largest absolute Gasteiger partial charge is 0.393 e. The van der Waals surface area contributed by atoms with Crippen LogP contribution >= 0.6 is 0 Å². The van der Waals surface area contributed by atoms with Gasteiger partial charge in [0.05, 0.1) is 6.10 Å². The summed E-state index contributed by atoms with van der Waals surface area (Å²) in [6.07, 6.45) is 16.5. The Morgan fingerprint density at radius 3 is 2.34 bits per heavy atom. The molecule has 4 aliphatic carbocycles. The molecule has 2 N–H and O–H groups in total. The molecular weight excluding hydrogens is 390 g/mol. The molecule has 0 radical (unpaired) electrons. The van der Waals surface area contributed by atoms with Gasteiger partial charge in [-0.25, -0.2) is 0 Å². The maximum atomic E-state index is 10.3. The van der Waals surface area contributed by atoms with Crippen LogP contribution in [-0.2, 0) is 0 Å². The van der Waals surface area contributed by atoms with Crippen molar-refractivity contribution >= 4 is 0 Å². The Hall–Kier alpha value is -0.0800. The zero-order valence-corrected chi connectivity index (χ0v) is 22.4. The predicted molar refractivity (Wildman–Crippen MR) is 137 cm³/mol. The third-order valence-electron chi connectivity index (χ3n) is 12.1. The topological polar surface area (TPSA) is 32.3 Å². The van der Waals surface area contributed by atoms with Gasteiger partial charge in [-0.2, -0.15) is 0 Å². The summed E-state index contributed by atoms with van der Waals surface area (Å²) in [6, 6.07) is 0. The Morgan fingerprint density at radius 2 is 1.56 bits per heavy atom. The molecule has 186 valence electrons. The van der Waals surface area contributed by atoms with E-state index in [4.69, 9.17) is 0 Å². The molecule has 1 aliphatic heterocycles. The molecule has 5 rings (SSSR count). The summed E-state index contributed by atoms with van der Waals surface area (Å²) in [6.45, 7) is 17.0. The van der Waals surface area contributed by atoms with Crippen molar-refractivity contribution in [1.29, 1.82) is 0 Å². The number of aliphatic hydroxyl groups excluding tert-OH is 1. The smallest absolute Gasteiger partial charge is 0.0543 e. The van der Waals surface area contributed by atoms with E-state index in [1.165, 1.54) is 77.3 Å². The monoisotopic (exact) mass is 445 g/mol. The summed E-state index contributed by atoms with van der Waals surface area (Å²) in [4.78, 5) is 0. The summed E-state index contributed by atoms with van der Waals surface area (Å²) in [5.41, 5.74) is 1.62. The van der Waals surface area contributed by atoms with Crippen molar-refractivity contribution in [1.82, 2.24) is 5.32 Å². The van der Waals surface area contributed by atoms with Gasteiger partial charge in [0.1, 0.15) is 0 Å². The fraction of sp³-hybridized carbons (Fsp3) is 1.00. The van der Waals surface area contributed by atoms with Crippen LogP contribution < -0.4 is 5.32 Å². The van der Waals surface area contributed by atoms with Crippen LogP contribution in [0, 0.1) is 51.8 Å². The zero-order valence-electron chi connectivity index (χ0n) is 22.4. The molecule has 0 aromatic rings. The first-order chi connectivity index (χ1) is 15.3. The lowest BCUT2D eigenvalue weighted by atomic mass is 9.43. The van der Waals surface area contributed by atoms with Gasteiger partial charge in [-0.15, -0.1) is 0 Å². The summed E-state index contributed by atoms with van der Waals surface area (Å²) in [7, 11) is 0. The van der Waals surface area contributed by atoms with Crippen LogP contribution in [0.5, 0.6) is 0 Å². The highest BCUT2D eigenvalue weighted by molar-refractivity contribution is 5.12. The molecule has 2 heteroatoms.